The number of amides is 1. The van der Waals surface area contributed by atoms with E-state index in [0.29, 0.717) is 23.8 Å². The van der Waals surface area contributed by atoms with Crippen molar-refractivity contribution in [2.75, 3.05) is 19.0 Å². The number of ether oxygens (including phenoxy) is 2. The predicted molar refractivity (Wildman–Crippen MR) is 83.5 cm³/mol. The number of hydrogen-bond acceptors (Lipinski definition) is 5. The van der Waals surface area contributed by atoms with E-state index in [1.165, 1.54) is 0 Å². The third-order valence-electron chi connectivity index (χ3n) is 3.18. The molecule has 2 aromatic carbocycles. The monoisotopic (exact) mass is 297 g/mol. The Balaban J connectivity index is 1.69. The van der Waals surface area contributed by atoms with Crippen molar-refractivity contribution >= 4 is 17.5 Å². The van der Waals surface area contributed by atoms with E-state index in [2.05, 4.69) is 15.8 Å². The first-order chi connectivity index (χ1) is 10.8. The van der Waals surface area contributed by atoms with Gasteiger partial charge in [-0.1, -0.05) is 12.1 Å². The summed E-state index contributed by atoms with van der Waals surface area (Å²) in [7, 11) is 1.62. The number of hydrogen-bond donors (Lipinski definition) is 2. The molecule has 1 aliphatic rings. The zero-order valence-corrected chi connectivity index (χ0v) is 12.0. The van der Waals surface area contributed by atoms with Crippen molar-refractivity contribution in [1.82, 2.24) is 5.43 Å². The Morgan fingerprint density at radius 2 is 1.95 bits per heavy atom. The average molecular weight is 297 g/mol. The lowest BCUT2D eigenvalue weighted by atomic mass is 10.2. The number of carbonyl (C=O) groups excluding carboxylic acids is 1. The average Bonchev–Trinajstić information content (AvgIpc) is 2.73. The minimum absolute atomic E-state index is 0.282. The number of benzene rings is 2. The van der Waals surface area contributed by atoms with Crippen LogP contribution in [-0.4, -0.2) is 25.5 Å². The highest BCUT2D eigenvalue weighted by atomic mass is 16.5. The summed E-state index contributed by atoms with van der Waals surface area (Å²) in [6, 6.07) is 14.5. The molecule has 3 rings (SSSR count). The molecule has 1 aliphatic heterocycles. The number of carbonyl (C=O) groups is 1. The fourth-order valence-corrected chi connectivity index (χ4v) is 2.03. The molecule has 2 N–H and O–H groups in total. The predicted octanol–water partition coefficient (Wildman–Crippen LogP) is 2.24. The van der Waals surface area contributed by atoms with Gasteiger partial charge < -0.3 is 14.8 Å². The maximum atomic E-state index is 11.9. The molecule has 112 valence electrons. The molecule has 0 aliphatic carbocycles. The zero-order valence-electron chi connectivity index (χ0n) is 12.0. The largest absolute Gasteiger partial charge is 0.497 e. The second kappa shape index (κ2) is 6.17. The van der Waals surface area contributed by atoms with Gasteiger partial charge in [0.05, 0.1) is 19.2 Å². The topological polar surface area (TPSA) is 72.0 Å². The lowest BCUT2D eigenvalue weighted by Crippen LogP contribution is -2.22. The van der Waals surface area contributed by atoms with Crippen LogP contribution in [-0.2, 0) is 0 Å². The van der Waals surface area contributed by atoms with E-state index in [1.54, 1.807) is 25.3 Å². The van der Waals surface area contributed by atoms with Crippen LogP contribution in [0.1, 0.15) is 10.4 Å². The lowest BCUT2D eigenvalue weighted by molar-refractivity contribution is 0.0955. The fourth-order valence-electron chi connectivity index (χ4n) is 2.03. The SMILES string of the molecule is COc1ccc(NCC2=NNC(=O)c3ccccc3O2)cc1. The number of anilines is 1. The Labute approximate surface area is 127 Å². The van der Waals surface area contributed by atoms with Gasteiger partial charge in [0.15, 0.2) is 0 Å². The van der Waals surface area contributed by atoms with Crippen molar-refractivity contribution in [1.29, 1.82) is 0 Å². The van der Waals surface area contributed by atoms with Gasteiger partial charge in [-0.3, -0.25) is 4.79 Å². The van der Waals surface area contributed by atoms with Crippen molar-refractivity contribution in [3.63, 3.8) is 0 Å². The molecule has 2 aromatic rings. The van der Waals surface area contributed by atoms with Crippen LogP contribution in [0.25, 0.3) is 0 Å². The van der Waals surface area contributed by atoms with Gasteiger partial charge in [-0.05, 0) is 36.4 Å². The van der Waals surface area contributed by atoms with Gasteiger partial charge in [-0.25, -0.2) is 5.43 Å². The van der Waals surface area contributed by atoms with Crippen LogP contribution >= 0.6 is 0 Å². The summed E-state index contributed by atoms with van der Waals surface area (Å²) in [6.45, 7) is 0.348. The van der Waals surface area contributed by atoms with E-state index >= 15 is 0 Å². The van der Waals surface area contributed by atoms with Gasteiger partial charge in [0.2, 0.25) is 5.90 Å². The second-order valence-corrected chi connectivity index (χ2v) is 4.63. The van der Waals surface area contributed by atoms with Crippen molar-refractivity contribution < 1.29 is 14.3 Å². The van der Waals surface area contributed by atoms with Crippen LogP contribution in [0.2, 0.25) is 0 Å². The normalized spacial score (nSPS) is 13.1. The lowest BCUT2D eigenvalue weighted by Gasteiger charge is -2.10. The molecule has 0 aromatic heterocycles. The molecule has 6 heteroatoms. The van der Waals surface area contributed by atoms with Gasteiger partial charge in [0.25, 0.3) is 5.91 Å². The summed E-state index contributed by atoms with van der Waals surface area (Å²) in [5, 5.41) is 7.15. The fraction of sp³-hybridized carbons (Fsp3) is 0.125. The molecule has 6 nitrogen and oxygen atoms in total. The maximum Gasteiger partial charge on any atom is 0.275 e. The van der Waals surface area contributed by atoms with Crippen molar-refractivity contribution in [2.45, 2.75) is 0 Å². The Morgan fingerprint density at radius 1 is 1.18 bits per heavy atom. The van der Waals surface area contributed by atoms with Crippen molar-refractivity contribution in [3.8, 4) is 11.5 Å². The van der Waals surface area contributed by atoms with Crippen LogP contribution in [0.4, 0.5) is 5.69 Å². The molecule has 1 heterocycles. The molecule has 0 radical (unpaired) electrons. The van der Waals surface area contributed by atoms with Gasteiger partial charge in [-0.15, -0.1) is 5.10 Å². The van der Waals surface area contributed by atoms with Crippen molar-refractivity contribution in [3.05, 3.63) is 54.1 Å². The van der Waals surface area contributed by atoms with E-state index in [-0.39, 0.29) is 5.91 Å². The van der Waals surface area contributed by atoms with Crippen LogP contribution in [0.15, 0.2) is 53.6 Å². The van der Waals surface area contributed by atoms with E-state index in [0.717, 1.165) is 11.4 Å². The van der Waals surface area contributed by atoms with Crippen molar-refractivity contribution in [2.24, 2.45) is 5.10 Å². The summed E-state index contributed by atoms with van der Waals surface area (Å²) >= 11 is 0. The smallest absolute Gasteiger partial charge is 0.275 e. The molecule has 0 fully saturated rings. The number of nitrogens with zero attached hydrogens (tertiary/aromatic N) is 1. The third-order valence-corrected chi connectivity index (χ3v) is 3.18. The van der Waals surface area contributed by atoms with Crippen LogP contribution < -0.4 is 20.2 Å². The number of para-hydroxylation sites is 1. The molecule has 0 atom stereocenters. The van der Waals surface area contributed by atoms with E-state index in [9.17, 15) is 4.79 Å². The molecule has 0 saturated carbocycles. The van der Waals surface area contributed by atoms with Crippen LogP contribution in [0, 0.1) is 0 Å². The summed E-state index contributed by atoms with van der Waals surface area (Å²) in [5.41, 5.74) is 3.83. The van der Waals surface area contributed by atoms with Gasteiger partial charge >= 0.3 is 0 Å². The standard InChI is InChI=1S/C16H15N3O3/c1-21-12-8-6-11(7-9-12)17-10-15-18-19-16(20)13-4-2-3-5-14(13)22-15/h2-9,17H,10H2,1H3,(H,19,20). The van der Waals surface area contributed by atoms with E-state index in [4.69, 9.17) is 9.47 Å². The number of fused-ring (bicyclic) bond motifs is 1. The number of hydrazone groups is 1. The highest BCUT2D eigenvalue weighted by Crippen LogP contribution is 2.20. The summed E-state index contributed by atoms with van der Waals surface area (Å²) in [4.78, 5) is 11.9. The Kier molecular flexibility index (Phi) is 3.91. The molecule has 0 saturated heterocycles. The van der Waals surface area contributed by atoms with Crippen LogP contribution in [0.5, 0.6) is 11.5 Å². The van der Waals surface area contributed by atoms with Gasteiger partial charge in [0.1, 0.15) is 11.5 Å². The first kappa shape index (κ1) is 13.9. The first-order valence-electron chi connectivity index (χ1n) is 6.78. The number of rotatable bonds is 4. The zero-order chi connectivity index (χ0) is 15.4. The van der Waals surface area contributed by atoms with E-state index < -0.39 is 0 Å². The third kappa shape index (κ3) is 3.01. The summed E-state index contributed by atoms with van der Waals surface area (Å²) in [6.07, 6.45) is 0. The summed E-state index contributed by atoms with van der Waals surface area (Å²) < 4.78 is 10.8. The molecule has 22 heavy (non-hydrogen) atoms. The number of nitrogens with one attached hydrogen (secondary N) is 2. The quantitative estimate of drug-likeness (QED) is 0.908. The number of methoxy groups -OCH3 is 1. The summed E-state index contributed by atoms with van der Waals surface area (Å²) in [5.74, 6) is 1.38. The van der Waals surface area contributed by atoms with E-state index in [1.807, 2.05) is 30.3 Å². The minimum atomic E-state index is -0.282. The minimum Gasteiger partial charge on any atom is -0.497 e. The van der Waals surface area contributed by atoms with Gasteiger partial charge in [-0.2, -0.15) is 0 Å². The molecular weight excluding hydrogens is 282 g/mol. The molecule has 1 amide bonds. The molecular formula is C16H15N3O3. The Morgan fingerprint density at radius 3 is 2.73 bits per heavy atom. The molecule has 0 unspecified atom stereocenters. The molecule has 0 spiro atoms. The second-order valence-electron chi connectivity index (χ2n) is 4.63. The highest BCUT2D eigenvalue weighted by molar-refractivity contribution is 6.00. The maximum absolute atomic E-state index is 11.9. The Bertz CT molecular complexity index is 711. The highest BCUT2D eigenvalue weighted by Gasteiger charge is 2.17. The van der Waals surface area contributed by atoms with Crippen LogP contribution in [0.3, 0.4) is 0 Å². The first-order valence-corrected chi connectivity index (χ1v) is 6.78. The van der Waals surface area contributed by atoms with Gasteiger partial charge in [0, 0.05) is 5.69 Å². The molecule has 0 bridgehead atoms. The Hall–Kier alpha value is -3.02.